The second-order valence-electron chi connectivity index (χ2n) is 5.72. The van der Waals surface area contributed by atoms with E-state index >= 15 is 0 Å². The highest BCUT2D eigenvalue weighted by molar-refractivity contribution is 5.93. The third kappa shape index (κ3) is 4.25. The van der Waals surface area contributed by atoms with Gasteiger partial charge in [0.25, 0.3) is 5.91 Å². The Labute approximate surface area is 157 Å². The van der Waals surface area contributed by atoms with E-state index in [1.54, 1.807) is 25.3 Å². The van der Waals surface area contributed by atoms with Crippen LogP contribution in [0.5, 0.6) is 17.4 Å². The summed E-state index contributed by atoms with van der Waals surface area (Å²) >= 11 is 0. The van der Waals surface area contributed by atoms with Crippen LogP contribution in [0, 0.1) is 0 Å². The Bertz CT molecular complexity index is 959. The van der Waals surface area contributed by atoms with Crippen molar-refractivity contribution in [1.82, 2.24) is 9.97 Å². The van der Waals surface area contributed by atoms with Crippen molar-refractivity contribution in [2.45, 2.75) is 13.3 Å². The van der Waals surface area contributed by atoms with Gasteiger partial charge in [-0.25, -0.2) is 4.98 Å². The summed E-state index contributed by atoms with van der Waals surface area (Å²) in [7, 11) is 3.09. The zero-order valence-corrected chi connectivity index (χ0v) is 15.5. The van der Waals surface area contributed by atoms with Crippen molar-refractivity contribution in [2.75, 3.05) is 26.1 Å². The number of ether oxygens (including phenoxy) is 3. The molecule has 0 saturated heterocycles. The smallest absolute Gasteiger partial charge is 0.262 e. The van der Waals surface area contributed by atoms with Crippen molar-refractivity contribution in [3.8, 4) is 17.4 Å². The van der Waals surface area contributed by atoms with Gasteiger partial charge in [0.15, 0.2) is 6.61 Å². The fourth-order valence-corrected chi connectivity index (χ4v) is 2.58. The van der Waals surface area contributed by atoms with Crippen LogP contribution >= 0.6 is 0 Å². The van der Waals surface area contributed by atoms with Crippen LogP contribution < -0.4 is 19.5 Å². The predicted molar refractivity (Wildman–Crippen MR) is 103 cm³/mol. The average Bonchev–Trinajstić information content (AvgIpc) is 2.71. The Kier molecular flexibility index (Phi) is 5.71. The number of para-hydroxylation sites is 1. The molecule has 1 aromatic heterocycles. The summed E-state index contributed by atoms with van der Waals surface area (Å²) in [5.41, 5.74) is 1.32. The molecule has 7 nitrogen and oxygen atoms in total. The zero-order chi connectivity index (χ0) is 19.2. The number of carbonyl (C=O) groups is 1. The zero-order valence-electron chi connectivity index (χ0n) is 15.5. The Balaban J connectivity index is 1.74. The molecule has 2 aromatic carbocycles. The van der Waals surface area contributed by atoms with Crippen LogP contribution in [0.4, 0.5) is 5.69 Å². The monoisotopic (exact) mass is 367 g/mol. The van der Waals surface area contributed by atoms with Crippen molar-refractivity contribution in [1.29, 1.82) is 0 Å². The molecule has 0 aliphatic rings. The van der Waals surface area contributed by atoms with Crippen LogP contribution in [-0.2, 0) is 11.2 Å². The summed E-state index contributed by atoms with van der Waals surface area (Å²) in [6.45, 7) is 1.79. The summed E-state index contributed by atoms with van der Waals surface area (Å²) in [6.07, 6.45) is 0.677. The number of amides is 1. The van der Waals surface area contributed by atoms with Gasteiger partial charge in [-0.05, 0) is 24.3 Å². The van der Waals surface area contributed by atoms with Crippen molar-refractivity contribution in [3.05, 3.63) is 48.3 Å². The van der Waals surface area contributed by atoms with Gasteiger partial charge in [0.2, 0.25) is 5.88 Å². The van der Waals surface area contributed by atoms with Crippen molar-refractivity contribution in [2.24, 2.45) is 0 Å². The Morgan fingerprint density at radius 1 is 1.07 bits per heavy atom. The Morgan fingerprint density at radius 2 is 1.89 bits per heavy atom. The molecular formula is C20H21N3O4. The second-order valence-corrected chi connectivity index (χ2v) is 5.72. The fraction of sp³-hybridized carbons (Fsp3) is 0.250. The average molecular weight is 367 g/mol. The topological polar surface area (TPSA) is 82.6 Å². The highest BCUT2D eigenvalue weighted by atomic mass is 16.5. The molecule has 3 rings (SSSR count). The maximum Gasteiger partial charge on any atom is 0.262 e. The minimum absolute atomic E-state index is 0.181. The molecule has 0 saturated carbocycles. The molecule has 1 heterocycles. The van der Waals surface area contributed by atoms with E-state index in [2.05, 4.69) is 15.3 Å². The van der Waals surface area contributed by atoms with E-state index in [1.165, 1.54) is 7.11 Å². The number of aromatic nitrogens is 2. The molecule has 0 unspecified atom stereocenters. The van der Waals surface area contributed by atoms with Crippen LogP contribution in [-0.4, -0.2) is 36.7 Å². The fourth-order valence-electron chi connectivity index (χ4n) is 2.58. The maximum absolute atomic E-state index is 12.3. The summed E-state index contributed by atoms with van der Waals surface area (Å²) < 4.78 is 16.1. The van der Waals surface area contributed by atoms with Crippen LogP contribution in [0.1, 0.15) is 12.7 Å². The SMILES string of the molecule is CCc1nc(OCC(=O)Nc2ccc(OC)cc2OC)c2ccccc2n1. The van der Waals surface area contributed by atoms with E-state index in [0.717, 1.165) is 10.9 Å². The first kappa shape index (κ1) is 18.4. The lowest BCUT2D eigenvalue weighted by atomic mass is 10.2. The Hall–Kier alpha value is -3.35. The lowest BCUT2D eigenvalue weighted by molar-refractivity contribution is -0.118. The molecule has 7 heteroatoms. The van der Waals surface area contributed by atoms with Crippen LogP contribution in [0.2, 0.25) is 0 Å². The summed E-state index contributed by atoms with van der Waals surface area (Å²) in [5.74, 6) is 1.89. The molecule has 0 bridgehead atoms. The number of nitrogens with one attached hydrogen (secondary N) is 1. The minimum atomic E-state index is -0.320. The molecule has 27 heavy (non-hydrogen) atoms. The van der Waals surface area contributed by atoms with Crippen molar-refractivity contribution >= 4 is 22.5 Å². The summed E-state index contributed by atoms with van der Waals surface area (Å²) in [5, 5.41) is 3.54. The maximum atomic E-state index is 12.3. The molecule has 0 aliphatic heterocycles. The van der Waals surface area contributed by atoms with Gasteiger partial charge in [-0.15, -0.1) is 0 Å². The van der Waals surface area contributed by atoms with E-state index in [9.17, 15) is 4.79 Å². The summed E-state index contributed by atoms with van der Waals surface area (Å²) in [4.78, 5) is 21.2. The van der Waals surface area contributed by atoms with Crippen LogP contribution in [0.3, 0.4) is 0 Å². The number of hydrogen-bond donors (Lipinski definition) is 1. The van der Waals surface area contributed by atoms with Gasteiger partial charge in [-0.3, -0.25) is 4.79 Å². The first-order valence-corrected chi connectivity index (χ1v) is 8.55. The van der Waals surface area contributed by atoms with Gasteiger partial charge in [0.1, 0.15) is 17.3 Å². The van der Waals surface area contributed by atoms with Gasteiger partial charge in [-0.2, -0.15) is 4.98 Å². The highest BCUT2D eigenvalue weighted by Crippen LogP contribution is 2.29. The van der Waals surface area contributed by atoms with E-state index in [0.29, 0.717) is 35.3 Å². The van der Waals surface area contributed by atoms with E-state index in [1.807, 2.05) is 31.2 Å². The molecule has 1 amide bonds. The largest absolute Gasteiger partial charge is 0.497 e. The molecule has 0 spiro atoms. The molecule has 0 aliphatic carbocycles. The number of hydrogen-bond acceptors (Lipinski definition) is 6. The van der Waals surface area contributed by atoms with Gasteiger partial charge < -0.3 is 19.5 Å². The van der Waals surface area contributed by atoms with E-state index < -0.39 is 0 Å². The van der Waals surface area contributed by atoms with Crippen LogP contribution in [0.25, 0.3) is 10.9 Å². The van der Waals surface area contributed by atoms with E-state index in [4.69, 9.17) is 14.2 Å². The number of benzene rings is 2. The number of carbonyl (C=O) groups excluding carboxylic acids is 1. The number of methoxy groups -OCH3 is 2. The molecule has 140 valence electrons. The third-order valence-electron chi connectivity index (χ3n) is 3.95. The minimum Gasteiger partial charge on any atom is -0.497 e. The van der Waals surface area contributed by atoms with Gasteiger partial charge >= 0.3 is 0 Å². The molecule has 3 aromatic rings. The van der Waals surface area contributed by atoms with Gasteiger partial charge in [0, 0.05) is 12.5 Å². The van der Waals surface area contributed by atoms with Crippen molar-refractivity contribution < 1.29 is 19.0 Å². The Morgan fingerprint density at radius 3 is 2.63 bits per heavy atom. The first-order chi connectivity index (χ1) is 13.1. The first-order valence-electron chi connectivity index (χ1n) is 8.55. The number of nitrogens with zero attached hydrogens (tertiary/aromatic N) is 2. The number of aryl methyl sites for hydroxylation is 1. The van der Waals surface area contributed by atoms with Gasteiger partial charge in [0.05, 0.1) is 30.8 Å². The number of fused-ring (bicyclic) bond motifs is 1. The number of rotatable bonds is 7. The highest BCUT2D eigenvalue weighted by Gasteiger charge is 2.12. The normalized spacial score (nSPS) is 10.5. The molecule has 1 N–H and O–H groups in total. The third-order valence-corrected chi connectivity index (χ3v) is 3.95. The van der Waals surface area contributed by atoms with Gasteiger partial charge in [-0.1, -0.05) is 19.1 Å². The standard InChI is InChI=1S/C20H21N3O4/c1-4-18-21-15-8-6-5-7-14(15)20(23-18)27-12-19(24)22-16-10-9-13(25-2)11-17(16)26-3/h5-11H,4,12H2,1-3H3,(H,22,24). The predicted octanol–water partition coefficient (Wildman–Crippen LogP) is 3.23. The number of anilines is 1. The molecule has 0 radical (unpaired) electrons. The lowest BCUT2D eigenvalue weighted by Crippen LogP contribution is -2.21. The molecular weight excluding hydrogens is 346 g/mol. The second kappa shape index (κ2) is 8.35. The summed E-state index contributed by atoms with van der Waals surface area (Å²) in [6, 6.07) is 12.7. The lowest BCUT2D eigenvalue weighted by Gasteiger charge is -2.13. The quantitative estimate of drug-likeness (QED) is 0.690. The van der Waals surface area contributed by atoms with Crippen molar-refractivity contribution in [3.63, 3.8) is 0 Å². The van der Waals surface area contributed by atoms with Crippen LogP contribution in [0.15, 0.2) is 42.5 Å². The van der Waals surface area contributed by atoms with E-state index in [-0.39, 0.29) is 12.5 Å². The molecule has 0 atom stereocenters. The molecule has 0 fully saturated rings.